The molecule has 1 atom stereocenters. The Hall–Kier alpha value is -2.89. The highest BCUT2D eigenvalue weighted by molar-refractivity contribution is 5.78. The topological polar surface area (TPSA) is 59.7 Å². The number of rotatable bonds is 5. The number of hydrogen-bond acceptors (Lipinski definition) is 4. The minimum Gasteiger partial charge on any atom is -0.483 e. The van der Waals surface area contributed by atoms with E-state index in [-0.39, 0.29) is 18.4 Å². The highest BCUT2D eigenvalue weighted by Crippen LogP contribution is 2.29. The third-order valence-electron chi connectivity index (χ3n) is 5.62. The molecule has 1 aromatic carbocycles. The second-order valence-electron chi connectivity index (χ2n) is 8.15. The summed E-state index contributed by atoms with van der Waals surface area (Å²) in [6.45, 7) is 7.80. The molecule has 29 heavy (non-hydrogen) atoms. The van der Waals surface area contributed by atoms with Crippen LogP contribution in [0.3, 0.4) is 0 Å². The molecular formula is C23H28N4O2. The van der Waals surface area contributed by atoms with Crippen molar-refractivity contribution in [2.45, 2.75) is 45.4 Å². The van der Waals surface area contributed by atoms with Gasteiger partial charge in [-0.2, -0.15) is 0 Å². The van der Waals surface area contributed by atoms with Gasteiger partial charge in [-0.25, -0.2) is 0 Å². The van der Waals surface area contributed by atoms with Crippen LogP contribution < -0.4 is 4.74 Å². The molecule has 3 heterocycles. The number of aromatic nitrogens is 3. The smallest absolute Gasteiger partial charge is 0.260 e. The number of aryl methyl sites for hydroxylation is 1. The number of likely N-dealkylation sites (tertiary alicyclic amines) is 1. The zero-order valence-corrected chi connectivity index (χ0v) is 17.3. The molecule has 6 heteroatoms. The van der Waals surface area contributed by atoms with Gasteiger partial charge in [-0.05, 0) is 55.0 Å². The lowest BCUT2D eigenvalue weighted by Crippen LogP contribution is -2.42. The van der Waals surface area contributed by atoms with E-state index in [2.05, 4.69) is 36.2 Å². The molecule has 152 valence electrons. The van der Waals surface area contributed by atoms with Crippen molar-refractivity contribution in [1.82, 2.24) is 19.5 Å². The average molecular weight is 393 g/mol. The quantitative estimate of drug-likeness (QED) is 0.660. The molecular weight excluding hydrogens is 364 g/mol. The lowest BCUT2D eigenvalue weighted by Gasteiger charge is -2.32. The molecule has 1 aliphatic rings. The van der Waals surface area contributed by atoms with E-state index in [9.17, 15) is 4.79 Å². The lowest BCUT2D eigenvalue weighted by atomic mass is 9.97. The Morgan fingerprint density at radius 2 is 2.10 bits per heavy atom. The van der Waals surface area contributed by atoms with Crippen LogP contribution >= 0.6 is 0 Å². The molecule has 0 bridgehead atoms. The van der Waals surface area contributed by atoms with Gasteiger partial charge in [0.2, 0.25) is 0 Å². The molecule has 1 saturated heterocycles. The van der Waals surface area contributed by atoms with E-state index in [1.165, 1.54) is 0 Å². The van der Waals surface area contributed by atoms with Crippen molar-refractivity contribution in [3.05, 3.63) is 59.5 Å². The molecule has 1 aliphatic heterocycles. The molecule has 0 spiro atoms. The van der Waals surface area contributed by atoms with E-state index in [0.29, 0.717) is 12.5 Å². The normalized spacial score (nSPS) is 17.1. The summed E-state index contributed by atoms with van der Waals surface area (Å²) in [5, 5.41) is 8.65. The molecule has 0 radical (unpaired) electrons. The highest BCUT2D eigenvalue weighted by Gasteiger charge is 2.28. The maximum Gasteiger partial charge on any atom is 0.260 e. The molecule has 0 saturated carbocycles. The van der Waals surface area contributed by atoms with Crippen LogP contribution in [0.4, 0.5) is 0 Å². The zero-order valence-electron chi connectivity index (χ0n) is 17.3. The third kappa shape index (κ3) is 4.11. The van der Waals surface area contributed by atoms with Crippen molar-refractivity contribution in [3.63, 3.8) is 0 Å². The second kappa shape index (κ2) is 8.23. The number of carbonyl (C=O) groups is 1. The monoisotopic (exact) mass is 392 g/mol. The van der Waals surface area contributed by atoms with Gasteiger partial charge in [-0.15, -0.1) is 10.2 Å². The Morgan fingerprint density at radius 3 is 2.93 bits per heavy atom. The lowest BCUT2D eigenvalue weighted by molar-refractivity contribution is -0.134. The average Bonchev–Trinajstić information content (AvgIpc) is 3.16. The van der Waals surface area contributed by atoms with Crippen molar-refractivity contribution in [1.29, 1.82) is 0 Å². The van der Waals surface area contributed by atoms with Crippen LogP contribution in [0.1, 0.15) is 55.5 Å². The van der Waals surface area contributed by atoms with Gasteiger partial charge in [-0.1, -0.05) is 32.0 Å². The Kier molecular flexibility index (Phi) is 5.51. The first-order valence-electron chi connectivity index (χ1n) is 10.3. The van der Waals surface area contributed by atoms with Crippen LogP contribution in [0, 0.1) is 6.92 Å². The van der Waals surface area contributed by atoms with Gasteiger partial charge in [0, 0.05) is 25.2 Å². The fourth-order valence-electron chi connectivity index (χ4n) is 4.03. The van der Waals surface area contributed by atoms with Gasteiger partial charge in [0.05, 0.1) is 0 Å². The SMILES string of the molecule is Cc1ccc(C(C)C)c(OCC(=O)N2CCCC(c3nnc4ccccn34)C2)c1. The molecule has 0 aliphatic carbocycles. The number of hydrogen-bond donors (Lipinski definition) is 0. The Labute approximate surface area is 171 Å². The van der Waals surface area contributed by atoms with E-state index in [1.807, 2.05) is 46.7 Å². The molecule has 1 unspecified atom stereocenters. The Bertz CT molecular complexity index is 1010. The summed E-state index contributed by atoms with van der Waals surface area (Å²) >= 11 is 0. The Balaban J connectivity index is 1.44. The molecule has 1 fully saturated rings. The summed E-state index contributed by atoms with van der Waals surface area (Å²) < 4.78 is 7.99. The highest BCUT2D eigenvalue weighted by atomic mass is 16.5. The van der Waals surface area contributed by atoms with Crippen molar-refractivity contribution >= 4 is 11.6 Å². The van der Waals surface area contributed by atoms with Crippen LogP contribution in [0.25, 0.3) is 5.65 Å². The van der Waals surface area contributed by atoms with Crippen molar-refractivity contribution < 1.29 is 9.53 Å². The predicted molar refractivity (Wildman–Crippen MR) is 112 cm³/mol. The number of amides is 1. The van der Waals surface area contributed by atoms with Crippen molar-refractivity contribution in [2.24, 2.45) is 0 Å². The first-order valence-corrected chi connectivity index (χ1v) is 10.3. The predicted octanol–water partition coefficient (Wildman–Crippen LogP) is 3.95. The summed E-state index contributed by atoms with van der Waals surface area (Å²) in [6.07, 6.45) is 3.95. The number of piperidine rings is 1. The standard InChI is InChI=1S/C23H28N4O2/c1-16(2)19-10-9-17(3)13-20(19)29-15-22(28)26-11-6-7-18(14-26)23-25-24-21-8-4-5-12-27(21)23/h4-5,8-10,12-13,16,18H,6-7,11,14-15H2,1-3H3. The number of fused-ring (bicyclic) bond motifs is 1. The van der Waals surface area contributed by atoms with Gasteiger partial charge < -0.3 is 9.64 Å². The van der Waals surface area contributed by atoms with E-state index in [0.717, 1.165) is 47.7 Å². The molecule has 3 aromatic rings. The van der Waals surface area contributed by atoms with Gasteiger partial charge in [0.1, 0.15) is 11.6 Å². The molecule has 1 amide bonds. The number of pyridine rings is 1. The molecule has 0 N–H and O–H groups in total. The van der Waals surface area contributed by atoms with Crippen LogP contribution in [0.2, 0.25) is 0 Å². The van der Waals surface area contributed by atoms with Gasteiger partial charge >= 0.3 is 0 Å². The maximum atomic E-state index is 12.9. The fraction of sp³-hybridized carbons (Fsp3) is 0.435. The minimum absolute atomic E-state index is 0.0275. The zero-order chi connectivity index (χ0) is 20.4. The van der Waals surface area contributed by atoms with E-state index < -0.39 is 0 Å². The van der Waals surface area contributed by atoms with Crippen LogP contribution in [-0.2, 0) is 4.79 Å². The summed E-state index contributed by atoms with van der Waals surface area (Å²) in [5.41, 5.74) is 3.11. The second-order valence-corrected chi connectivity index (χ2v) is 8.15. The summed E-state index contributed by atoms with van der Waals surface area (Å²) in [5.74, 6) is 2.31. The van der Waals surface area contributed by atoms with Gasteiger partial charge in [0.15, 0.2) is 12.3 Å². The summed E-state index contributed by atoms with van der Waals surface area (Å²) in [7, 11) is 0. The number of nitrogens with zero attached hydrogens (tertiary/aromatic N) is 4. The van der Waals surface area contributed by atoms with Crippen LogP contribution in [0.15, 0.2) is 42.6 Å². The van der Waals surface area contributed by atoms with Crippen molar-refractivity contribution in [2.75, 3.05) is 19.7 Å². The number of ether oxygens (including phenoxy) is 1. The van der Waals surface area contributed by atoms with Gasteiger partial charge in [0.25, 0.3) is 5.91 Å². The number of carbonyl (C=O) groups excluding carboxylic acids is 1. The third-order valence-corrected chi connectivity index (χ3v) is 5.62. The van der Waals surface area contributed by atoms with Crippen molar-refractivity contribution in [3.8, 4) is 5.75 Å². The minimum atomic E-state index is 0.0275. The van der Waals surface area contributed by atoms with E-state index >= 15 is 0 Å². The Morgan fingerprint density at radius 1 is 1.24 bits per heavy atom. The maximum absolute atomic E-state index is 12.9. The first-order chi connectivity index (χ1) is 14.0. The first kappa shape index (κ1) is 19.4. The molecule has 2 aromatic heterocycles. The number of benzene rings is 1. The van der Waals surface area contributed by atoms with Crippen LogP contribution in [0.5, 0.6) is 5.75 Å². The molecule has 6 nitrogen and oxygen atoms in total. The van der Waals surface area contributed by atoms with E-state index in [4.69, 9.17) is 4.74 Å². The summed E-state index contributed by atoms with van der Waals surface area (Å²) in [6, 6.07) is 12.1. The largest absolute Gasteiger partial charge is 0.483 e. The summed E-state index contributed by atoms with van der Waals surface area (Å²) in [4.78, 5) is 14.8. The van der Waals surface area contributed by atoms with Crippen LogP contribution in [-0.4, -0.2) is 45.1 Å². The fourth-order valence-corrected chi connectivity index (χ4v) is 4.03. The van der Waals surface area contributed by atoms with E-state index in [1.54, 1.807) is 0 Å². The van der Waals surface area contributed by atoms with Gasteiger partial charge in [-0.3, -0.25) is 9.20 Å². The molecule has 4 rings (SSSR count).